The molecule has 0 spiro atoms. The van der Waals surface area contributed by atoms with Crippen LogP contribution in [0.5, 0.6) is 5.75 Å². The van der Waals surface area contributed by atoms with Gasteiger partial charge in [0, 0.05) is 6.20 Å². The fourth-order valence-corrected chi connectivity index (χ4v) is 2.85. The van der Waals surface area contributed by atoms with E-state index in [9.17, 15) is 4.79 Å². The first-order chi connectivity index (χ1) is 12.1. The summed E-state index contributed by atoms with van der Waals surface area (Å²) in [6, 6.07) is 13.3. The summed E-state index contributed by atoms with van der Waals surface area (Å²) >= 11 is 3.39. The van der Waals surface area contributed by atoms with E-state index in [4.69, 9.17) is 4.74 Å². The highest BCUT2D eigenvalue weighted by atomic mass is 79.9. The maximum absolute atomic E-state index is 12.5. The van der Waals surface area contributed by atoms with Crippen LogP contribution < -0.4 is 10.1 Å². The van der Waals surface area contributed by atoms with Crippen LogP contribution in [0.3, 0.4) is 0 Å². The molecule has 0 bridgehead atoms. The number of aryl methyl sites for hydroxylation is 1. The van der Waals surface area contributed by atoms with Crippen molar-refractivity contribution in [3.05, 3.63) is 70.5 Å². The van der Waals surface area contributed by atoms with Crippen molar-refractivity contribution < 1.29 is 9.53 Å². The van der Waals surface area contributed by atoms with Gasteiger partial charge in [-0.1, -0.05) is 24.3 Å². The molecule has 128 valence electrons. The maximum Gasteiger partial charge on any atom is 0.228 e. The van der Waals surface area contributed by atoms with Gasteiger partial charge in [-0.25, -0.2) is 4.68 Å². The first-order valence-electron chi connectivity index (χ1n) is 7.80. The Labute approximate surface area is 154 Å². The van der Waals surface area contributed by atoms with Crippen LogP contribution in [0.15, 0.2) is 59.3 Å². The van der Waals surface area contributed by atoms with Crippen LogP contribution in [-0.2, 0) is 11.2 Å². The Bertz CT molecular complexity index is 905. The van der Waals surface area contributed by atoms with E-state index in [1.54, 1.807) is 18.0 Å². The van der Waals surface area contributed by atoms with Crippen LogP contribution in [0.2, 0.25) is 0 Å². The number of amides is 1. The van der Waals surface area contributed by atoms with E-state index in [1.165, 1.54) is 0 Å². The molecule has 1 N–H and O–H groups in total. The Morgan fingerprint density at radius 2 is 2.08 bits per heavy atom. The van der Waals surface area contributed by atoms with E-state index in [0.29, 0.717) is 5.69 Å². The van der Waals surface area contributed by atoms with Crippen molar-refractivity contribution in [3.63, 3.8) is 0 Å². The van der Waals surface area contributed by atoms with Crippen molar-refractivity contribution in [2.24, 2.45) is 0 Å². The SMILES string of the molecule is COc1cc(CC(=O)Nc2ccccc2-n2cc(Br)cn2)ccc1C. The number of ether oxygens (including phenoxy) is 1. The summed E-state index contributed by atoms with van der Waals surface area (Å²) in [4.78, 5) is 12.5. The summed E-state index contributed by atoms with van der Waals surface area (Å²) in [5.74, 6) is 0.691. The normalized spacial score (nSPS) is 10.5. The van der Waals surface area contributed by atoms with Crippen LogP contribution in [-0.4, -0.2) is 22.8 Å². The smallest absolute Gasteiger partial charge is 0.228 e. The van der Waals surface area contributed by atoms with Crippen molar-refractivity contribution >= 4 is 27.5 Å². The molecule has 3 aromatic rings. The number of nitrogens with one attached hydrogen (secondary N) is 1. The highest BCUT2D eigenvalue weighted by Gasteiger charge is 2.11. The highest BCUT2D eigenvalue weighted by molar-refractivity contribution is 9.10. The van der Waals surface area contributed by atoms with Gasteiger partial charge in [-0.3, -0.25) is 4.79 Å². The Hall–Kier alpha value is -2.60. The third kappa shape index (κ3) is 4.09. The molecule has 3 rings (SSSR count). The number of hydrogen-bond donors (Lipinski definition) is 1. The van der Waals surface area contributed by atoms with E-state index in [2.05, 4.69) is 26.3 Å². The summed E-state index contributed by atoms with van der Waals surface area (Å²) in [6.07, 6.45) is 3.82. The monoisotopic (exact) mass is 399 g/mol. The predicted molar refractivity (Wildman–Crippen MR) is 101 cm³/mol. The van der Waals surface area contributed by atoms with Crippen LogP contribution >= 0.6 is 15.9 Å². The first kappa shape index (κ1) is 17.2. The molecule has 2 aromatic carbocycles. The van der Waals surface area contributed by atoms with E-state index in [1.807, 2.05) is 55.6 Å². The Balaban J connectivity index is 1.78. The van der Waals surface area contributed by atoms with Gasteiger partial charge in [0.15, 0.2) is 0 Å². The van der Waals surface area contributed by atoms with Gasteiger partial charge in [-0.15, -0.1) is 0 Å². The standard InChI is InChI=1S/C19H18BrN3O2/c1-13-7-8-14(9-18(13)25-2)10-19(24)22-16-5-3-4-6-17(16)23-12-15(20)11-21-23/h3-9,11-12H,10H2,1-2H3,(H,22,24). The molecule has 1 amide bonds. The molecule has 5 nitrogen and oxygen atoms in total. The molecule has 25 heavy (non-hydrogen) atoms. The second kappa shape index (κ2) is 7.53. The predicted octanol–water partition coefficient (Wildman–Crippen LogP) is 4.13. The van der Waals surface area contributed by atoms with Gasteiger partial charge in [-0.05, 0) is 52.2 Å². The number of carbonyl (C=O) groups is 1. The highest BCUT2D eigenvalue weighted by Crippen LogP contribution is 2.22. The number of anilines is 1. The Kier molecular flexibility index (Phi) is 5.19. The van der Waals surface area contributed by atoms with Crippen molar-refractivity contribution in [2.75, 3.05) is 12.4 Å². The minimum atomic E-state index is -0.0930. The topological polar surface area (TPSA) is 56.1 Å². The second-order valence-electron chi connectivity index (χ2n) is 5.65. The molecule has 1 heterocycles. The molecule has 0 saturated carbocycles. The van der Waals surface area contributed by atoms with Gasteiger partial charge in [-0.2, -0.15) is 5.10 Å². The number of aromatic nitrogens is 2. The lowest BCUT2D eigenvalue weighted by Crippen LogP contribution is -2.16. The second-order valence-corrected chi connectivity index (χ2v) is 6.56. The molecular weight excluding hydrogens is 382 g/mol. The Morgan fingerprint density at radius 1 is 1.28 bits per heavy atom. The van der Waals surface area contributed by atoms with Crippen molar-refractivity contribution in [1.82, 2.24) is 9.78 Å². The average molecular weight is 400 g/mol. The molecular formula is C19H18BrN3O2. The lowest BCUT2D eigenvalue weighted by atomic mass is 10.1. The molecule has 0 atom stereocenters. The Morgan fingerprint density at radius 3 is 2.80 bits per heavy atom. The zero-order valence-corrected chi connectivity index (χ0v) is 15.6. The minimum absolute atomic E-state index is 0.0930. The molecule has 0 fully saturated rings. The molecule has 0 unspecified atom stereocenters. The van der Waals surface area contributed by atoms with Gasteiger partial charge in [0.25, 0.3) is 0 Å². The fourth-order valence-electron chi connectivity index (χ4n) is 2.57. The number of benzene rings is 2. The van der Waals surface area contributed by atoms with E-state index in [-0.39, 0.29) is 12.3 Å². The number of nitrogens with zero attached hydrogens (tertiary/aromatic N) is 2. The van der Waals surface area contributed by atoms with E-state index < -0.39 is 0 Å². The van der Waals surface area contributed by atoms with Crippen molar-refractivity contribution in [3.8, 4) is 11.4 Å². The van der Waals surface area contributed by atoms with E-state index >= 15 is 0 Å². The zero-order chi connectivity index (χ0) is 17.8. The average Bonchev–Trinajstić information content (AvgIpc) is 3.03. The number of methoxy groups -OCH3 is 1. The quantitative estimate of drug-likeness (QED) is 0.701. The summed E-state index contributed by atoms with van der Waals surface area (Å²) in [5, 5.41) is 7.24. The molecule has 1 aromatic heterocycles. The molecule has 0 aliphatic rings. The lowest BCUT2D eigenvalue weighted by Gasteiger charge is -2.12. The summed E-state index contributed by atoms with van der Waals surface area (Å²) in [7, 11) is 1.63. The largest absolute Gasteiger partial charge is 0.496 e. The van der Waals surface area contributed by atoms with Crippen LogP contribution in [0, 0.1) is 6.92 Å². The van der Waals surface area contributed by atoms with E-state index in [0.717, 1.165) is 27.0 Å². The molecule has 6 heteroatoms. The first-order valence-corrected chi connectivity index (χ1v) is 8.59. The maximum atomic E-state index is 12.5. The zero-order valence-electron chi connectivity index (χ0n) is 14.0. The number of carbonyl (C=O) groups excluding carboxylic acids is 1. The number of rotatable bonds is 5. The molecule has 0 radical (unpaired) electrons. The van der Waals surface area contributed by atoms with Gasteiger partial charge in [0.1, 0.15) is 5.75 Å². The molecule has 0 aliphatic carbocycles. The summed E-state index contributed by atoms with van der Waals surface area (Å²) < 4.78 is 7.91. The molecule has 0 aliphatic heterocycles. The van der Waals surface area contributed by atoms with Gasteiger partial charge < -0.3 is 10.1 Å². The summed E-state index contributed by atoms with van der Waals surface area (Å²) in [6.45, 7) is 1.97. The van der Waals surface area contributed by atoms with Crippen LogP contribution in [0.1, 0.15) is 11.1 Å². The van der Waals surface area contributed by atoms with Crippen molar-refractivity contribution in [2.45, 2.75) is 13.3 Å². The molecule has 0 saturated heterocycles. The van der Waals surface area contributed by atoms with Crippen LogP contribution in [0.4, 0.5) is 5.69 Å². The third-order valence-corrected chi connectivity index (χ3v) is 4.22. The number of halogens is 1. The number of hydrogen-bond acceptors (Lipinski definition) is 3. The van der Waals surface area contributed by atoms with Gasteiger partial charge in [0.2, 0.25) is 5.91 Å². The third-order valence-electron chi connectivity index (χ3n) is 3.81. The minimum Gasteiger partial charge on any atom is -0.496 e. The van der Waals surface area contributed by atoms with Gasteiger partial charge >= 0.3 is 0 Å². The fraction of sp³-hybridized carbons (Fsp3) is 0.158. The lowest BCUT2D eigenvalue weighted by molar-refractivity contribution is -0.115. The number of para-hydroxylation sites is 2. The van der Waals surface area contributed by atoms with Gasteiger partial charge in [0.05, 0.1) is 35.6 Å². The van der Waals surface area contributed by atoms with Crippen molar-refractivity contribution in [1.29, 1.82) is 0 Å². The van der Waals surface area contributed by atoms with Crippen LogP contribution in [0.25, 0.3) is 5.69 Å². The summed E-state index contributed by atoms with van der Waals surface area (Å²) in [5.41, 5.74) is 3.46.